The molecule has 2 rings (SSSR count). The second-order valence-corrected chi connectivity index (χ2v) is 4.46. The molecule has 86 valence electrons. The van der Waals surface area contributed by atoms with Crippen molar-refractivity contribution in [1.82, 2.24) is 4.90 Å². The number of hydrogen-bond donors (Lipinski definition) is 0. The van der Waals surface area contributed by atoms with E-state index in [9.17, 15) is 4.79 Å². The molecule has 0 spiro atoms. The second kappa shape index (κ2) is 5.05. The van der Waals surface area contributed by atoms with Crippen LogP contribution in [0.25, 0.3) is 0 Å². The van der Waals surface area contributed by atoms with Crippen LogP contribution in [0, 0.1) is 5.92 Å². The van der Waals surface area contributed by atoms with Crippen LogP contribution in [-0.2, 0) is 14.3 Å². The van der Waals surface area contributed by atoms with Gasteiger partial charge in [-0.25, -0.2) is 0 Å². The molecule has 4 nitrogen and oxygen atoms in total. The Kier molecular flexibility index (Phi) is 3.72. The topological polar surface area (TPSA) is 38.8 Å². The van der Waals surface area contributed by atoms with E-state index < -0.39 is 0 Å². The molecule has 2 heterocycles. The lowest BCUT2D eigenvalue weighted by Crippen LogP contribution is -2.38. The third-order valence-electron chi connectivity index (χ3n) is 3.32. The largest absolute Gasteiger partial charge is 0.381 e. The molecule has 0 aromatic carbocycles. The minimum Gasteiger partial charge on any atom is -0.381 e. The summed E-state index contributed by atoms with van der Waals surface area (Å²) in [5.41, 5.74) is 0. The van der Waals surface area contributed by atoms with Gasteiger partial charge in [-0.05, 0) is 19.9 Å². The van der Waals surface area contributed by atoms with Crippen molar-refractivity contribution in [3.05, 3.63) is 0 Å². The number of Topliss-reactive ketones (excluding diaryl/α,β-unsaturated/α-hetero) is 1. The van der Waals surface area contributed by atoms with Crippen LogP contribution in [0.5, 0.6) is 0 Å². The smallest absolute Gasteiger partial charge is 0.152 e. The lowest BCUT2D eigenvalue weighted by molar-refractivity contribution is -0.124. The number of likely N-dealkylation sites (N-methyl/N-ethyl adjacent to an activating group) is 1. The van der Waals surface area contributed by atoms with Crippen LogP contribution in [0.15, 0.2) is 0 Å². The number of hydrogen-bond acceptors (Lipinski definition) is 4. The zero-order valence-corrected chi connectivity index (χ0v) is 9.28. The van der Waals surface area contributed by atoms with Gasteiger partial charge < -0.3 is 9.47 Å². The Morgan fingerprint density at radius 1 is 1.27 bits per heavy atom. The third kappa shape index (κ3) is 2.77. The molecule has 0 radical (unpaired) electrons. The van der Waals surface area contributed by atoms with E-state index in [1.807, 2.05) is 7.05 Å². The number of carbonyl (C=O) groups excluding carboxylic acids is 1. The van der Waals surface area contributed by atoms with Gasteiger partial charge in [0.05, 0.1) is 19.8 Å². The molecule has 2 atom stereocenters. The molecule has 2 unspecified atom stereocenters. The van der Waals surface area contributed by atoms with E-state index in [1.165, 1.54) is 0 Å². The normalized spacial score (nSPS) is 31.3. The highest BCUT2D eigenvalue weighted by Crippen LogP contribution is 2.16. The maximum atomic E-state index is 11.8. The minimum absolute atomic E-state index is 0.134. The van der Waals surface area contributed by atoms with Gasteiger partial charge in [-0.1, -0.05) is 0 Å². The number of nitrogens with zero attached hydrogens (tertiary/aromatic N) is 1. The van der Waals surface area contributed by atoms with Gasteiger partial charge in [0, 0.05) is 25.2 Å². The Morgan fingerprint density at radius 2 is 2.00 bits per heavy atom. The van der Waals surface area contributed by atoms with Crippen LogP contribution in [-0.4, -0.2) is 56.7 Å². The molecular formula is C11H19NO3. The molecule has 0 N–H and O–H groups in total. The van der Waals surface area contributed by atoms with Gasteiger partial charge in [-0.15, -0.1) is 0 Å². The summed E-state index contributed by atoms with van der Waals surface area (Å²) in [5.74, 6) is 0.455. The van der Waals surface area contributed by atoms with Crippen molar-refractivity contribution in [3.8, 4) is 0 Å². The SMILES string of the molecule is CN(CC(=O)C1CCOC1)C1CCOC1. The molecule has 2 fully saturated rings. The highest BCUT2D eigenvalue weighted by molar-refractivity contribution is 5.83. The monoisotopic (exact) mass is 213 g/mol. The second-order valence-electron chi connectivity index (χ2n) is 4.46. The third-order valence-corrected chi connectivity index (χ3v) is 3.32. The number of rotatable bonds is 4. The molecule has 2 saturated heterocycles. The minimum atomic E-state index is 0.134. The molecule has 0 amide bonds. The first-order valence-corrected chi connectivity index (χ1v) is 5.66. The van der Waals surface area contributed by atoms with Crippen molar-refractivity contribution in [3.63, 3.8) is 0 Å². The maximum absolute atomic E-state index is 11.8. The molecule has 15 heavy (non-hydrogen) atoms. The molecule has 0 aromatic rings. The fraction of sp³-hybridized carbons (Fsp3) is 0.909. The van der Waals surface area contributed by atoms with Crippen LogP contribution < -0.4 is 0 Å². The summed E-state index contributed by atoms with van der Waals surface area (Å²) in [5, 5.41) is 0. The molecule has 0 aromatic heterocycles. The quantitative estimate of drug-likeness (QED) is 0.674. The number of carbonyl (C=O) groups is 1. The molecular weight excluding hydrogens is 194 g/mol. The average Bonchev–Trinajstić information content (AvgIpc) is 2.91. The number of ether oxygens (including phenoxy) is 2. The van der Waals surface area contributed by atoms with E-state index in [2.05, 4.69) is 4.90 Å². The molecule has 0 bridgehead atoms. The van der Waals surface area contributed by atoms with E-state index in [4.69, 9.17) is 9.47 Å². The summed E-state index contributed by atoms with van der Waals surface area (Å²) < 4.78 is 10.5. The highest BCUT2D eigenvalue weighted by Gasteiger charge is 2.27. The lowest BCUT2D eigenvalue weighted by atomic mass is 10.0. The first-order valence-electron chi connectivity index (χ1n) is 5.66. The molecule has 2 aliphatic rings. The van der Waals surface area contributed by atoms with Crippen LogP contribution in [0.3, 0.4) is 0 Å². The Balaban J connectivity index is 1.77. The molecule has 0 saturated carbocycles. The van der Waals surface area contributed by atoms with Gasteiger partial charge in [-0.2, -0.15) is 0 Å². The van der Waals surface area contributed by atoms with Gasteiger partial charge in [0.25, 0.3) is 0 Å². The van der Waals surface area contributed by atoms with E-state index in [0.717, 1.165) is 32.7 Å². The van der Waals surface area contributed by atoms with Gasteiger partial charge in [-0.3, -0.25) is 9.69 Å². The van der Waals surface area contributed by atoms with Gasteiger partial charge in [0.2, 0.25) is 0 Å². The van der Waals surface area contributed by atoms with E-state index in [0.29, 0.717) is 25.0 Å². The zero-order chi connectivity index (χ0) is 10.7. The molecule has 0 aliphatic carbocycles. The predicted octanol–water partition coefficient (Wildman–Crippen LogP) is 0.313. The van der Waals surface area contributed by atoms with E-state index in [-0.39, 0.29) is 5.92 Å². The average molecular weight is 213 g/mol. The zero-order valence-electron chi connectivity index (χ0n) is 9.28. The van der Waals surface area contributed by atoms with Crippen molar-refractivity contribution in [2.75, 3.05) is 40.0 Å². The van der Waals surface area contributed by atoms with Gasteiger partial charge in [0.15, 0.2) is 5.78 Å². The van der Waals surface area contributed by atoms with Crippen molar-refractivity contribution in [2.45, 2.75) is 18.9 Å². The summed E-state index contributed by atoms with van der Waals surface area (Å²) in [6, 6.07) is 0.427. The van der Waals surface area contributed by atoms with Gasteiger partial charge >= 0.3 is 0 Å². The van der Waals surface area contributed by atoms with Crippen molar-refractivity contribution < 1.29 is 14.3 Å². The lowest BCUT2D eigenvalue weighted by Gasteiger charge is -2.22. The van der Waals surface area contributed by atoms with E-state index >= 15 is 0 Å². The summed E-state index contributed by atoms with van der Waals surface area (Å²) in [6.45, 7) is 3.50. The first kappa shape index (κ1) is 11.0. The molecule has 4 heteroatoms. The number of ketones is 1. The van der Waals surface area contributed by atoms with Crippen molar-refractivity contribution in [1.29, 1.82) is 0 Å². The Labute approximate surface area is 90.5 Å². The Morgan fingerprint density at radius 3 is 2.60 bits per heavy atom. The highest BCUT2D eigenvalue weighted by atomic mass is 16.5. The van der Waals surface area contributed by atoms with Gasteiger partial charge in [0.1, 0.15) is 0 Å². The Bertz CT molecular complexity index is 220. The summed E-state index contributed by atoms with van der Waals surface area (Å²) in [6.07, 6.45) is 1.94. The van der Waals surface area contributed by atoms with Crippen LogP contribution >= 0.6 is 0 Å². The van der Waals surface area contributed by atoms with E-state index in [1.54, 1.807) is 0 Å². The summed E-state index contributed by atoms with van der Waals surface area (Å²) in [4.78, 5) is 14.0. The van der Waals surface area contributed by atoms with Crippen molar-refractivity contribution in [2.24, 2.45) is 5.92 Å². The summed E-state index contributed by atoms with van der Waals surface area (Å²) >= 11 is 0. The maximum Gasteiger partial charge on any atom is 0.152 e. The fourth-order valence-corrected chi connectivity index (χ4v) is 2.16. The predicted molar refractivity (Wildman–Crippen MR) is 55.8 cm³/mol. The van der Waals surface area contributed by atoms with Crippen LogP contribution in [0.1, 0.15) is 12.8 Å². The summed E-state index contributed by atoms with van der Waals surface area (Å²) in [7, 11) is 2.01. The standard InChI is InChI=1S/C11H19NO3/c1-12(10-3-5-15-8-10)6-11(13)9-2-4-14-7-9/h9-10H,2-8H2,1H3. The fourth-order valence-electron chi connectivity index (χ4n) is 2.16. The molecule has 2 aliphatic heterocycles. The van der Waals surface area contributed by atoms with Crippen molar-refractivity contribution >= 4 is 5.78 Å². The van der Waals surface area contributed by atoms with Crippen LogP contribution in [0.2, 0.25) is 0 Å². The first-order chi connectivity index (χ1) is 7.27. The Hall–Kier alpha value is -0.450. The van der Waals surface area contributed by atoms with Crippen LogP contribution in [0.4, 0.5) is 0 Å².